The van der Waals surface area contributed by atoms with E-state index < -0.39 is 0 Å². The molecule has 0 saturated heterocycles. The molecule has 4 aromatic rings. The van der Waals surface area contributed by atoms with Crippen molar-refractivity contribution in [3.8, 4) is 21.7 Å². The third kappa shape index (κ3) is 4.55. The Morgan fingerprint density at radius 3 is 2.23 bits per heavy atom. The van der Waals surface area contributed by atoms with E-state index in [1.807, 2.05) is 62.4 Å². The number of aromatic nitrogens is 2. The molecular formula is C24H22N4OS. The molecule has 2 N–H and O–H groups in total. The lowest BCUT2D eigenvalue weighted by Gasteiger charge is -2.06. The number of hydrogen-bond acceptors (Lipinski definition) is 4. The third-order valence-electron chi connectivity index (χ3n) is 4.51. The molecule has 0 saturated carbocycles. The number of carbonyl (C=O) groups excluding carboxylic acids is 1. The van der Waals surface area contributed by atoms with Crippen LogP contribution in [0.4, 0.5) is 15.6 Å². The molecule has 0 fully saturated rings. The van der Waals surface area contributed by atoms with Gasteiger partial charge in [0.1, 0.15) is 0 Å². The van der Waals surface area contributed by atoms with Crippen LogP contribution >= 0.6 is 11.3 Å². The van der Waals surface area contributed by atoms with Gasteiger partial charge in [-0.3, -0.25) is 10.3 Å². The number of urea groups is 1. The van der Waals surface area contributed by atoms with E-state index in [2.05, 4.69) is 40.7 Å². The summed E-state index contributed by atoms with van der Waals surface area (Å²) in [5, 5.41) is 6.25. The van der Waals surface area contributed by atoms with Gasteiger partial charge in [0.2, 0.25) is 0 Å². The molecule has 30 heavy (non-hydrogen) atoms. The molecule has 0 aliphatic carbocycles. The highest BCUT2D eigenvalue weighted by atomic mass is 32.1. The lowest BCUT2D eigenvalue weighted by molar-refractivity contribution is 0.262. The Bertz CT molecular complexity index is 1180. The minimum absolute atomic E-state index is 0.320. The Hall–Kier alpha value is -3.51. The molecule has 0 spiro atoms. The number of pyridine rings is 1. The van der Waals surface area contributed by atoms with Crippen molar-refractivity contribution in [1.29, 1.82) is 0 Å². The van der Waals surface area contributed by atoms with Gasteiger partial charge < -0.3 is 5.32 Å². The van der Waals surface area contributed by atoms with Crippen LogP contribution in [0, 0.1) is 20.8 Å². The summed E-state index contributed by atoms with van der Waals surface area (Å²) in [6, 6.07) is 21.4. The Kier molecular flexibility index (Phi) is 5.59. The minimum atomic E-state index is -0.320. The second-order valence-corrected chi connectivity index (χ2v) is 8.15. The van der Waals surface area contributed by atoms with Gasteiger partial charge in [0.15, 0.2) is 5.13 Å². The molecule has 0 radical (unpaired) electrons. The smallest absolute Gasteiger partial charge is 0.308 e. The summed E-state index contributed by atoms with van der Waals surface area (Å²) in [6.07, 6.45) is 0. The van der Waals surface area contributed by atoms with Crippen molar-refractivity contribution < 1.29 is 4.79 Å². The van der Waals surface area contributed by atoms with Crippen molar-refractivity contribution in [3.05, 3.63) is 83.7 Å². The molecule has 0 bridgehead atoms. The Morgan fingerprint density at radius 2 is 1.53 bits per heavy atom. The molecule has 2 heterocycles. The van der Waals surface area contributed by atoms with E-state index in [1.165, 1.54) is 16.9 Å². The van der Waals surface area contributed by atoms with E-state index >= 15 is 0 Å². The molecular weight excluding hydrogens is 392 g/mol. The quantitative estimate of drug-likeness (QED) is 0.404. The number of aryl methyl sites for hydroxylation is 3. The highest BCUT2D eigenvalue weighted by molar-refractivity contribution is 7.19. The van der Waals surface area contributed by atoms with E-state index in [0.717, 1.165) is 38.8 Å². The summed E-state index contributed by atoms with van der Waals surface area (Å²) in [7, 11) is 0. The van der Waals surface area contributed by atoms with Crippen LogP contribution in [0.2, 0.25) is 0 Å². The summed E-state index contributed by atoms with van der Waals surface area (Å²) in [6.45, 7) is 6.01. The second-order valence-electron chi connectivity index (χ2n) is 7.15. The van der Waals surface area contributed by atoms with Crippen LogP contribution in [-0.2, 0) is 0 Å². The molecule has 0 aliphatic heterocycles. The van der Waals surface area contributed by atoms with Gasteiger partial charge in [-0.1, -0.05) is 59.4 Å². The first-order valence-corrected chi connectivity index (χ1v) is 10.5. The molecule has 150 valence electrons. The molecule has 4 rings (SSSR count). The fourth-order valence-corrected chi connectivity index (χ4v) is 4.28. The Morgan fingerprint density at radius 1 is 0.800 bits per heavy atom. The largest absolute Gasteiger partial charge is 0.325 e. The number of para-hydroxylation sites is 1. The van der Waals surface area contributed by atoms with Gasteiger partial charge in [0, 0.05) is 22.6 Å². The summed E-state index contributed by atoms with van der Waals surface area (Å²) in [4.78, 5) is 22.7. The van der Waals surface area contributed by atoms with Crippen LogP contribution in [-0.4, -0.2) is 16.0 Å². The van der Waals surface area contributed by atoms with E-state index in [0.29, 0.717) is 5.13 Å². The number of thiazole rings is 1. The zero-order valence-electron chi connectivity index (χ0n) is 17.1. The van der Waals surface area contributed by atoms with E-state index in [-0.39, 0.29) is 6.03 Å². The standard InChI is InChI=1S/C24H22N4OS/c1-15-8-7-9-18(12-15)22-21(19-13-16(2)25-17(3)14-19)27-24(30-22)28-23(29)26-20-10-5-4-6-11-20/h4-14H,1-3H3,(H2,26,27,28,29). The Balaban J connectivity index is 1.71. The second kappa shape index (κ2) is 8.47. The van der Waals surface area contributed by atoms with E-state index in [4.69, 9.17) is 4.98 Å². The zero-order chi connectivity index (χ0) is 21.1. The SMILES string of the molecule is Cc1cccc(-c2sc(NC(=O)Nc3ccccc3)nc2-c2cc(C)nc(C)c2)c1. The van der Waals surface area contributed by atoms with Gasteiger partial charge in [-0.15, -0.1) is 0 Å². The number of nitrogens with zero attached hydrogens (tertiary/aromatic N) is 2. The van der Waals surface area contributed by atoms with Crippen molar-refractivity contribution in [2.24, 2.45) is 0 Å². The average molecular weight is 415 g/mol. The maximum Gasteiger partial charge on any atom is 0.325 e. The van der Waals surface area contributed by atoms with Crippen LogP contribution in [0.25, 0.3) is 21.7 Å². The van der Waals surface area contributed by atoms with Crippen LogP contribution in [0.1, 0.15) is 17.0 Å². The van der Waals surface area contributed by atoms with Crippen LogP contribution < -0.4 is 10.6 Å². The average Bonchev–Trinajstić information content (AvgIpc) is 3.12. The van der Waals surface area contributed by atoms with E-state index in [9.17, 15) is 4.79 Å². The number of nitrogens with one attached hydrogen (secondary N) is 2. The normalized spacial score (nSPS) is 10.6. The third-order valence-corrected chi connectivity index (χ3v) is 5.53. The number of rotatable bonds is 4. The minimum Gasteiger partial charge on any atom is -0.308 e. The molecule has 0 unspecified atom stereocenters. The highest BCUT2D eigenvalue weighted by Crippen LogP contribution is 2.39. The lowest BCUT2D eigenvalue weighted by Crippen LogP contribution is -2.19. The number of amides is 2. The van der Waals surface area contributed by atoms with Crippen molar-refractivity contribution in [1.82, 2.24) is 9.97 Å². The first-order valence-electron chi connectivity index (χ1n) is 9.64. The van der Waals surface area contributed by atoms with Gasteiger partial charge in [-0.25, -0.2) is 9.78 Å². The monoisotopic (exact) mass is 414 g/mol. The van der Waals surface area contributed by atoms with Gasteiger partial charge in [-0.05, 0) is 50.6 Å². The fraction of sp³-hybridized carbons (Fsp3) is 0.125. The number of carbonyl (C=O) groups is 1. The summed E-state index contributed by atoms with van der Waals surface area (Å²) < 4.78 is 0. The van der Waals surface area contributed by atoms with Crippen molar-refractivity contribution in [2.45, 2.75) is 20.8 Å². The van der Waals surface area contributed by atoms with Gasteiger partial charge in [-0.2, -0.15) is 0 Å². The van der Waals surface area contributed by atoms with Crippen molar-refractivity contribution >= 4 is 28.2 Å². The number of anilines is 2. The van der Waals surface area contributed by atoms with Crippen LogP contribution in [0.3, 0.4) is 0 Å². The lowest BCUT2D eigenvalue weighted by atomic mass is 10.0. The molecule has 2 aromatic carbocycles. The van der Waals surface area contributed by atoms with E-state index in [1.54, 1.807) is 0 Å². The molecule has 5 nitrogen and oxygen atoms in total. The predicted molar refractivity (Wildman–Crippen MR) is 124 cm³/mol. The fourth-order valence-electron chi connectivity index (χ4n) is 3.30. The first kappa shape index (κ1) is 19.8. The molecule has 0 aliphatic rings. The zero-order valence-corrected chi connectivity index (χ0v) is 17.9. The van der Waals surface area contributed by atoms with Gasteiger partial charge in [0.25, 0.3) is 0 Å². The van der Waals surface area contributed by atoms with Gasteiger partial charge in [0.05, 0.1) is 10.6 Å². The molecule has 2 aromatic heterocycles. The predicted octanol–water partition coefficient (Wildman–Crippen LogP) is 6.44. The summed E-state index contributed by atoms with van der Waals surface area (Å²) in [5.41, 5.74) is 6.68. The topological polar surface area (TPSA) is 66.9 Å². The van der Waals surface area contributed by atoms with Crippen molar-refractivity contribution in [2.75, 3.05) is 10.6 Å². The highest BCUT2D eigenvalue weighted by Gasteiger charge is 2.17. The molecule has 6 heteroatoms. The Labute approximate surface area is 179 Å². The first-order chi connectivity index (χ1) is 14.5. The van der Waals surface area contributed by atoms with Gasteiger partial charge >= 0.3 is 6.03 Å². The molecule has 0 atom stereocenters. The maximum absolute atomic E-state index is 12.5. The van der Waals surface area contributed by atoms with Crippen LogP contribution in [0.15, 0.2) is 66.7 Å². The van der Waals surface area contributed by atoms with Crippen LogP contribution in [0.5, 0.6) is 0 Å². The number of hydrogen-bond donors (Lipinski definition) is 2. The molecule has 2 amide bonds. The maximum atomic E-state index is 12.5. The summed E-state index contributed by atoms with van der Waals surface area (Å²) in [5.74, 6) is 0. The number of benzene rings is 2. The summed E-state index contributed by atoms with van der Waals surface area (Å²) >= 11 is 1.46. The van der Waals surface area contributed by atoms with Crippen molar-refractivity contribution in [3.63, 3.8) is 0 Å².